The third-order valence-electron chi connectivity index (χ3n) is 4.15. The number of rotatable bonds is 4. The van der Waals surface area contributed by atoms with Crippen LogP contribution in [0.3, 0.4) is 0 Å². The van der Waals surface area contributed by atoms with Crippen LogP contribution in [0.4, 0.5) is 0 Å². The largest absolute Gasteiger partial charge is 0.480 e. The summed E-state index contributed by atoms with van der Waals surface area (Å²) in [7, 11) is 0. The van der Waals surface area contributed by atoms with Crippen LogP contribution in [-0.4, -0.2) is 34.6 Å². The lowest BCUT2D eigenvalue weighted by atomic mass is 9.79. The Kier molecular flexibility index (Phi) is 3.53. The molecule has 0 heterocycles. The topological polar surface area (TPSA) is 40.5 Å². The SMILES string of the molecule is CC1CCC(N(CC(=O)O)C2CC2)C(C)C1. The molecule has 2 aliphatic rings. The Morgan fingerprint density at radius 1 is 1.25 bits per heavy atom. The maximum atomic E-state index is 10.9. The van der Waals surface area contributed by atoms with Crippen molar-refractivity contribution in [3.8, 4) is 0 Å². The van der Waals surface area contributed by atoms with Crippen LogP contribution in [0.5, 0.6) is 0 Å². The van der Waals surface area contributed by atoms with Crippen LogP contribution in [0.2, 0.25) is 0 Å². The minimum absolute atomic E-state index is 0.244. The van der Waals surface area contributed by atoms with E-state index in [0.29, 0.717) is 18.0 Å². The Bertz CT molecular complexity index is 263. The van der Waals surface area contributed by atoms with Gasteiger partial charge >= 0.3 is 5.97 Å². The van der Waals surface area contributed by atoms with Crippen molar-refractivity contribution in [3.63, 3.8) is 0 Å². The summed E-state index contributed by atoms with van der Waals surface area (Å²) in [6, 6.07) is 1.08. The number of hydrogen-bond acceptors (Lipinski definition) is 2. The zero-order chi connectivity index (χ0) is 11.7. The average Bonchev–Trinajstić information content (AvgIpc) is 2.97. The molecule has 0 bridgehead atoms. The minimum Gasteiger partial charge on any atom is -0.480 e. The lowest BCUT2D eigenvalue weighted by molar-refractivity contribution is -0.139. The second kappa shape index (κ2) is 4.74. The number of aliphatic carboxylic acids is 1. The number of carbonyl (C=O) groups is 1. The van der Waals surface area contributed by atoms with Crippen LogP contribution in [0, 0.1) is 11.8 Å². The summed E-state index contributed by atoms with van der Waals surface area (Å²) in [5.74, 6) is 0.804. The van der Waals surface area contributed by atoms with E-state index < -0.39 is 5.97 Å². The first kappa shape index (κ1) is 11.9. The first-order valence-corrected chi connectivity index (χ1v) is 6.55. The van der Waals surface area contributed by atoms with E-state index in [9.17, 15) is 4.79 Å². The fourth-order valence-electron chi connectivity index (χ4n) is 3.22. The van der Waals surface area contributed by atoms with Gasteiger partial charge in [0.05, 0.1) is 6.54 Å². The van der Waals surface area contributed by atoms with Crippen molar-refractivity contribution in [1.29, 1.82) is 0 Å². The molecule has 0 aromatic rings. The Morgan fingerprint density at radius 3 is 2.44 bits per heavy atom. The first-order chi connectivity index (χ1) is 7.58. The molecule has 0 aromatic heterocycles. The van der Waals surface area contributed by atoms with Gasteiger partial charge in [0.25, 0.3) is 0 Å². The van der Waals surface area contributed by atoms with Gasteiger partial charge in [0.2, 0.25) is 0 Å². The zero-order valence-corrected chi connectivity index (χ0v) is 10.4. The van der Waals surface area contributed by atoms with E-state index in [-0.39, 0.29) is 6.54 Å². The first-order valence-electron chi connectivity index (χ1n) is 6.55. The fraction of sp³-hybridized carbons (Fsp3) is 0.923. The Balaban J connectivity index is 1.98. The van der Waals surface area contributed by atoms with Crippen LogP contribution in [0.1, 0.15) is 46.0 Å². The van der Waals surface area contributed by atoms with E-state index in [1.807, 2.05) is 0 Å². The highest BCUT2D eigenvalue weighted by Crippen LogP contribution is 2.37. The highest BCUT2D eigenvalue weighted by Gasteiger charge is 2.38. The molecule has 2 saturated carbocycles. The summed E-state index contributed by atoms with van der Waals surface area (Å²) < 4.78 is 0. The zero-order valence-electron chi connectivity index (χ0n) is 10.4. The molecule has 0 radical (unpaired) electrons. The molecule has 92 valence electrons. The van der Waals surface area contributed by atoms with Crippen LogP contribution in [-0.2, 0) is 4.79 Å². The monoisotopic (exact) mass is 225 g/mol. The molecule has 0 amide bonds. The molecule has 16 heavy (non-hydrogen) atoms. The van der Waals surface area contributed by atoms with Crippen LogP contribution in [0.15, 0.2) is 0 Å². The van der Waals surface area contributed by atoms with Gasteiger partial charge in [0.1, 0.15) is 0 Å². The molecule has 2 rings (SSSR count). The van der Waals surface area contributed by atoms with E-state index in [0.717, 1.165) is 5.92 Å². The van der Waals surface area contributed by atoms with Crippen molar-refractivity contribution in [1.82, 2.24) is 4.90 Å². The predicted octanol–water partition coefficient (Wildman–Crippen LogP) is 2.36. The van der Waals surface area contributed by atoms with E-state index in [1.165, 1.54) is 32.1 Å². The Hall–Kier alpha value is -0.570. The second-order valence-corrected chi connectivity index (χ2v) is 5.76. The third-order valence-corrected chi connectivity index (χ3v) is 4.15. The van der Waals surface area contributed by atoms with Crippen LogP contribution >= 0.6 is 0 Å². The quantitative estimate of drug-likeness (QED) is 0.798. The Labute approximate surface area is 97.8 Å². The van der Waals surface area contributed by atoms with Gasteiger partial charge in [-0.1, -0.05) is 13.8 Å². The predicted molar refractivity (Wildman–Crippen MR) is 63.3 cm³/mol. The summed E-state index contributed by atoms with van der Waals surface area (Å²) in [5, 5.41) is 8.99. The highest BCUT2D eigenvalue weighted by molar-refractivity contribution is 5.69. The lowest BCUT2D eigenvalue weighted by Crippen LogP contribution is -2.46. The average molecular weight is 225 g/mol. The standard InChI is InChI=1S/C13H23NO2/c1-9-3-6-12(10(2)7-9)14(8-13(15)16)11-4-5-11/h9-12H,3-8H2,1-2H3,(H,15,16). The van der Waals surface area contributed by atoms with E-state index in [1.54, 1.807) is 0 Å². The van der Waals surface area contributed by atoms with E-state index >= 15 is 0 Å². The molecule has 2 aliphatic carbocycles. The number of hydrogen-bond donors (Lipinski definition) is 1. The number of carboxylic acid groups (broad SMARTS) is 1. The van der Waals surface area contributed by atoms with Gasteiger partial charge in [-0.2, -0.15) is 0 Å². The van der Waals surface area contributed by atoms with Crippen LogP contribution in [0.25, 0.3) is 0 Å². The molecule has 1 N–H and O–H groups in total. The van der Waals surface area contributed by atoms with Crippen LogP contribution < -0.4 is 0 Å². The van der Waals surface area contributed by atoms with Gasteiger partial charge in [-0.05, 0) is 43.9 Å². The van der Waals surface area contributed by atoms with Gasteiger partial charge in [-0.25, -0.2) is 0 Å². The van der Waals surface area contributed by atoms with E-state index in [2.05, 4.69) is 18.7 Å². The number of carboxylic acids is 1. The molecular formula is C13H23NO2. The smallest absolute Gasteiger partial charge is 0.317 e. The highest BCUT2D eigenvalue weighted by atomic mass is 16.4. The van der Waals surface area contributed by atoms with Crippen molar-refractivity contribution in [3.05, 3.63) is 0 Å². The minimum atomic E-state index is -0.669. The lowest BCUT2D eigenvalue weighted by Gasteiger charge is -2.40. The molecule has 0 aromatic carbocycles. The number of nitrogens with zero attached hydrogens (tertiary/aromatic N) is 1. The van der Waals surface area contributed by atoms with Gasteiger partial charge in [-0.15, -0.1) is 0 Å². The van der Waals surface area contributed by atoms with Crippen molar-refractivity contribution >= 4 is 5.97 Å². The fourth-order valence-corrected chi connectivity index (χ4v) is 3.22. The molecule has 3 heteroatoms. The van der Waals surface area contributed by atoms with Crippen molar-refractivity contribution in [2.24, 2.45) is 11.8 Å². The second-order valence-electron chi connectivity index (χ2n) is 5.76. The summed E-state index contributed by atoms with van der Waals surface area (Å²) in [5.41, 5.74) is 0. The summed E-state index contributed by atoms with van der Waals surface area (Å²) in [4.78, 5) is 13.2. The van der Waals surface area contributed by atoms with Crippen molar-refractivity contribution in [2.45, 2.75) is 58.0 Å². The normalized spacial score (nSPS) is 35.3. The molecule has 0 saturated heterocycles. The summed E-state index contributed by atoms with van der Waals surface area (Å²) >= 11 is 0. The van der Waals surface area contributed by atoms with Crippen molar-refractivity contribution < 1.29 is 9.90 Å². The van der Waals surface area contributed by atoms with Gasteiger partial charge in [0, 0.05) is 12.1 Å². The van der Waals surface area contributed by atoms with Crippen molar-refractivity contribution in [2.75, 3.05) is 6.54 Å². The van der Waals surface area contributed by atoms with Gasteiger partial charge in [0.15, 0.2) is 0 Å². The molecule has 3 atom stereocenters. The van der Waals surface area contributed by atoms with Gasteiger partial charge in [-0.3, -0.25) is 9.69 Å². The summed E-state index contributed by atoms with van der Waals surface area (Å²) in [6.07, 6.45) is 6.11. The molecule has 3 unspecified atom stereocenters. The summed E-state index contributed by atoms with van der Waals surface area (Å²) in [6.45, 7) is 4.84. The molecule has 2 fully saturated rings. The molecule has 0 spiro atoms. The molecule has 3 nitrogen and oxygen atoms in total. The third kappa shape index (κ3) is 2.76. The maximum Gasteiger partial charge on any atom is 0.317 e. The molecule has 0 aliphatic heterocycles. The Morgan fingerprint density at radius 2 is 1.94 bits per heavy atom. The molecular weight excluding hydrogens is 202 g/mol. The van der Waals surface area contributed by atoms with E-state index in [4.69, 9.17) is 5.11 Å². The maximum absolute atomic E-state index is 10.9. The van der Waals surface area contributed by atoms with Gasteiger partial charge < -0.3 is 5.11 Å².